The maximum absolute atomic E-state index is 5.99. The second-order valence-electron chi connectivity index (χ2n) is 3.32. The lowest BCUT2D eigenvalue weighted by Crippen LogP contribution is -2.18. The standard InChI is InChI=1S/C10H13NS/c1-7-2-3-8-5-12-6-10(11)9(8)4-7/h2-4,10H,5-6,11H2,1H3/t10-/m0/s1. The smallest absolute Gasteiger partial charge is 0.0390 e. The molecule has 1 aromatic rings. The number of rotatable bonds is 0. The maximum atomic E-state index is 5.99. The summed E-state index contributed by atoms with van der Waals surface area (Å²) in [6.45, 7) is 2.12. The molecule has 2 N–H and O–H groups in total. The molecule has 0 aliphatic carbocycles. The van der Waals surface area contributed by atoms with Gasteiger partial charge < -0.3 is 5.73 Å². The molecular formula is C10H13NS. The van der Waals surface area contributed by atoms with Gasteiger partial charge in [0.1, 0.15) is 0 Å². The van der Waals surface area contributed by atoms with E-state index in [0.29, 0.717) is 0 Å². The highest BCUT2D eigenvalue weighted by Crippen LogP contribution is 2.30. The van der Waals surface area contributed by atoms with Crippen LogP contribution in [0.3, 0.4) is 0 Å². The van der Waals surface area contributed by atoms with Crippen molar-refractivity contribution in [1.82, 2.24) is 0 Å². The van der Waals surface area contributed by atoms with E-state index in [1.54, 1.807) is 0 Å². The molecule has 0 aromatic heterocycles. The van der Waals surface area contributed by atoms with Crippen LogP contribution in [0, 0.1) is 6.92 Å². The zero-order valence-electron chi connectivity index (χ0n) is 7.21. The maximum Gasteiger partial charge on any atom is 0.0390 e. The van der Waals surface area contributed by atoms with Gasteiger partial charge in [0.15, 0.2) is 0 Å². The van der Waals surface area contributed by atoms with E-state index in [2.05, 4.69) is 25.1 Å². The first-order valence-corrected chi connectivity index (χ1v) is 5.35. The zero-order chi connectivity index (χ0) is 8.55. The number of nitrogens with two attached hydrogens (primary N) is 1. The van der Waals surface area contributed by atoms with Gasteiger partial charge in [-0.15, -0.1) is 0 Å². The van der Waals surface area contributed by atoms with Gasteiger partial charge in [0.05, 0.1) is 0 Å². The van der Waals surface area contributed by atoms with E-state index in [1.807, 2.05) is 11.8 Å². The molecule has 12 heavy (non-hydrogen) atoms. The Bertz CT molecular complexity index is 296. The van der Waals surface area contributed by atoms with Gasteiger partial charge in [0.2, 0.25) is 0 Å². The first-order chi connectivity index (χ1) is 5.77. The van der Waals surface area contributed by atoms with Crippen LogP contribution in [0.15, 0.2) is 18.2 Å². The first kappa shape index (κ1) is 8.14. The summed E-state index contributed by atoms with van der Waals surface area (Å²) in [5, 5.41) is 0. The van der Waals surface area contributed by atoms with Gasteiger partial charge in [-0.1, -0.05) is 23.8 Å². The van der Waals surface area contributed by atoms with Crippen LogP contribution in [-0.4, -0.2) is 5.75 Å². The fourth-order valence-corrected chi connectivity index (χ4v) is 2.61. The van der Waals surface area contributed by atoms with Crippen molar-refractivity contribution in [1.29, 1.82) is 0 Å². The van der Waals surface area contributed by atoms with Crippen molar-refractivity contribution >= 4 is 11.8 Å². The highest BCUT2D eigenvalue weighted by atomic mass is 32.2. The van der Waals surface area contributed by atoms with Crippen LogP contribution in [0.1, 0.15) is 22.7 Å². The lowest BCUT2D eigenvalue weighted by Gasteiger charge is -2.21. The average molecular weight is 179 g/mol. The van der Waals surface area contributed by atoms with Crippen LogP contribution in [0.2, 0.25) is 0 Å². The number of benzene rings is 1. The molecule has 64 valence electrons. The molecule has 1 atom stereocenters. The van der Waals surface area contributed by atoms with Gasteiger partial charge in [-0.2, -0.15) is 11.8 Å². The molecule has 0 radical (unpaired) electrons. The second-order valence-corrected chi connectivity index (χ2v) is 4.35. The van der Waals surface area contributed by atoms with E-state index in [1.165, 1.54) is 16.7 Å². The quantitative estimate of drug-likeness (QED) is 0.661. The number of hydrogen-bond acceptors (Lipinski definition) is 2. The van der Waals surface area contributed by atoms with Gasteiger partial charge in [-0.25, -0.2) is 0 Å². The molecule has 1 nitrogen and oxygen atoms in total. The lowest BCUT2D eigenvalue weighted by atomic mass is 10.0. The molecule has 0 unspecified atom stereocenters. The Labute approximate surface area is 77.3 Å². The summed E-state index contributed by atoms with van der Waals surface area (Å²) in [6, 6.07) is 6.84. The summed E-state index contributed by atoms with van der Waals surface area (Å²) in [7, 11) is 0. The lowest BCUT2D eigenvalue weighted by molar-refractivity contribution is 0.808. The Kier molecular flexibility index (Phi) is 2.11. The molecule has 1 aliphatic rings. The minimum Gasteiger partial charge on any atom is -0.323 e. The Morgan fingerprint density at radius 3 is 3.17 bits per heavy atom. The summed E-state index contributed by atoms with van der Waals surface area (Å²) in [4.78, 5) is 0. The number of thioether (sulfide) groups is 1. The fraction of sp³-hybridized carbons (Fsp3) is 0.400. The third-order valence-corrected chi connectivity index (χ3v) is 3.37. The van der Waals surface area contributed by atoms with Crippen LogP contribution in [-0.2, 0) is 5.75 Å². The molecule has 2 rings (SSSR count). The third-order valence-electron chi connectivity index (χ3n) is 2.26. The van der Waals surface area contributed by atoms with Crippen LogP contribution in [0.25, 0.3) is 0 Å². The summed E-state index contributed by atoms with van der Waals surface area (Å²) in [6.07, 6.45) is 0. The number of hydrogen-bond donors (Lipinski definition) is 1. The second kappa shape index (κ2) is 3.11. The van der Waals surface area contributed by atoms with Crippen molar-refractivity contribution in [2.24, 2.45) is 5.73 Å². The van der Waals surface area contributed by atoms with E-state index in [0.717, 1.165) is 11.5 Å². The van der Waals surface area contributed by atoms with Crippen molar-refractivity contribution < 1.29 is 0 Å². The molecule has 0 saturated carbocycles. The summed E-state index contributed by atoms with van der Waals surface area (Å²) in [5.74, 6) is 2.19. The van der Waals surface area contributed by atoms with Crippen molar-refractivity contribution in [2.45, 2.75) is 18.7 Å². The molecule has 1 aliphatic heterocycles. The highest BCUT2D eigenvalue weighted by Gasteiger charge is 2.16. The van der Waals surface area contributed by atoms with E-state index in [9.17, 15) is 0 Å². The Morgan fingerprint density at radius 1 is 1.50 bits per heavy atom. The van der Waals surface area contributed by atoms with Gasteiger partial charge in [0, 0.05) is 17.5 Å². The first-order valence-electron chi connectivity index (χ1n) is 4.20. The fourth-order valence-electron chi connectivity index (χ4n) is 1.58. The molecule has 0 fully saturated rings. The largest absolute Gasteiger partial charge is 0.323 e. The van der Waals surface area contributed by atoms with Gasteiger partial charge in [-0.05, 0) is 18.1 Å². The molecule has 0 spiro atoms. The van der Waals surface area contributed by atoms with Gasteiger partial charge in [-0.3, -0.25) is 0 Å². The Hall–Kier alpha value is -0.470. The van der Waals surface area contributed by atoms with Crippen molar-refractivity contribution in [2.75, 3.05) is 5.75 Å². The molecule has 0 bridgehead atoms. The highest BCUT2D eigenvalue weighted by molar-refractivity contribution is 7.98. The minimum absolute atomic E-state index is 0.249. The van der Waals surface area contributed by atoms with E-state index < -0.39 is 0 Å². The predicted octanol–water partition coefficient (Wildman–Crippen LogP) is 2.24. The monoisotopic (exact) mass is 179 g/mol. The summed E-state index contributed by atoms with van der Waals surface area (Å²) in [5.41, 5.74) is 10.1. The van der Waals surface area contributed by atoms with Crippen molar-refractivity contribution in [3.63, 3.8) is 0 Å². The van der Waals surface area contributed by atoms with Gasteiger partial charge >= 0.3 is 0 Å². The molecule has 0 saturated heterocycles. The molecular weight excluding hydrogens is 166 g/mol. The average Bonchev–Trinajstić information content (AvgIpc) is 2.07. The number of aryl methyl sites for hydroxylation is 1. The van der Waals surface area contributed by atoms with Crippen LogP contribution < -0.4 is 5.73 Å². The van der Waals surface area contributed by atoms with Crippen LogP contribution in [0.4, 0.5) is 0 Å². The SMILES string of the molecule is Cc1ccc2c(c1)[C@@H](N)CSC2. The molecule has 0 amide bonds. The van der Waals surface area contributed by atoms with E-state index >= 15 is 0 Å². The van der Waals surface area contributed by atoms with Crippen LogP contribution >= 0.6 is 11.8 Å². The van der Waals surface area contributed by atoms with E-state index in [-0.39, 0.29) is 6.04 Å². The minimum atomic E-state index is 0.249. The molecule has 2 heteroatoms. The van der Waals surface area contributed by atoms with Crippen LogP contribution in [0.5, 0.6) is 0 Å². The van der Waals surface area contributed by atoms with Crippen molar-refractivity contribution in [3.8, 4) is 0 Å². The van der Waals surface area contributed by atoms with Crippen molar-refractivity contribution in [3.05, 3.63) is 34.9 Å². The Balaban J connectivity index is 2.47. The topological polar surface area (TPSA) is 26.0 Å². The molecule has 1 aromatic carbocycles. The summed E-state index contributed by atoms with van der Waals surface area (Å²) < 4.78 is 0. The zero-order valence-corrected chi connectivity index (χ0v) is 8.03. The van der Waals surface area contributed by atoms with E-state index in [4.69, 9.17) is 5.73 Å². The van der Waals surface area contributed by atoms with Gasteiger partial charge in [0.25, 0.3) is 0 Å². The normalized spacial score (nSPS) is 22.0. The summed E-state index contributed by atoms with van der Waals surface area (Å²) >= 11 is 1.93. The molecule has 1 heterocycles. The Morgan fingerprint density at radius 2 is 2.33 bits per heavy atom. The predicted molar refractivity (Wildman–Crippen MR) is 54.3 cm³/mol. The number of fused-ring (bicyclic) bond motifs is 1. The third kappa shape index (κ3) is 1.37.